The molecule has 5 nitrogen and oxygen atoms in total. The fourth-order valence-corrected chi connectivity index (χ4v) is 6.65. The van der Waals surface area contributed by atoms with Gasteiger partial charge in [0.2, 0.25) is 0 Å². The summed E-state index contributed by atoms with van der Waals surface area (Å²) in [5.74, 6) is 1.56. The molecule has 0 atom stereocenters. The number of carbonyl (C=O) groups is 1. The maximum absolute atomic E-state index is 14.1. The summed E-state index contributed by atoms with van der Waals surface area (Å²) in [7, 11) is 3.02. The molecule has 0 amide bonds. The van der Waals surface area contributed by atoms with Crippen LogP contribution < -0.4 is 9.47 Å². The Hall–Kier alpha value is -3.20. The molecule has 0 unspecified atom stereocenters. The molecule has 0 aliphatic heterocycles. The molecule has 0 aliphatic carbocycles. The van der Waals surface area contributed by atoms with Gasteiger partial charge >= 0.3 is 5.97 Å². The fraction of sp³-hybridized carbons (Fsp3) is 0.219. The van der Waals surface area contributed by atoms with E-state index < -0.39 is 5.97 Å². The summed E-state index contributed by atoms with van der Waals surface area (Å²) < 4.78 is 33.4. The predicted octanol–water partition coefficient (Wildman–Crippen LogP) is 9.21. The number of esters is 1. The molecule has 1 aromatic heterocycles. The number of thioether (sulfide) groups is 1. The lowest BCUT2D eigenvalue weighted by atomic mass is 10.1. The highest BCUT2D eigenvalue weighted by Crippen LogP contribution is 2.37. The Balaban J connectivity index is 1.36. The van der Waals surface area contributed by atoms with Crippen molar-refractivity contribution in [3.63, 3.8) is 0 Å². The first-order valence-corrected chi connectivity index (χ1v) is 15.1. The number of nitrogens with zero attached hydrogens (tertiary/aromatic N) is 1. The van der Waals surface area contributed by atoms with Gasteiger partial charge in [0.25, 0.3) is 0 Å². The van der Waals surface area contributed by atoms with Crippen molar-refractivity contribution in [3.8, 4) is 11.5 Å². The molecule has 0 fully saturated rings. The lowest BCUT2D eigenvalue weighted by Gasteiger charge is -2.14. The average molecular weight is 657 g/mol. The molecule has 5 aromatic rings. The minimum absolute atomic E-state index is 0.294. The van der Waals surface area contributed by atoms with Gasteiger partial charge in [0.15, 0.2) is 0 Å². The Morgan fingerprint density at radius 1 is 1.05 bits per heavy atom. The van der Waals surface area contributed by atoms with Crippen molar-refractivity contribution in [2.75, 3.05) is 20.8 Å². The van der Waals surface area contributed by atoms with Crippen molar-refractivity contribution < 1.29 is 23.4 Å². The van der Waals surface area contributed by atoms with Crippen molar-refractivity contribution >= 4 is 66.9 Å². The molecular formula is C32H28BrClFNO4S. The SMILES string of the molecule is COC(=O)c1c(C)c2c(Br)c(Cl)ccc2n1CCCOc1cc(SCc2ccc(OC)cc2)cc2cc(F)ccc12. The molecule has 0 aliphatic rings. The van der Waals surface area contributed by atoms with Crippen LogP contribution in [0, 0.1) is 12.7 Å². The number of benzene rings is 4. The van der Waals surface area contributed by atoms with Crippen molar-refractivity contribution in [2.24, 2.45) is 0 Å². The Morgan fingerprint density at radius 3 is 2.56 bits per heavy atom. The molecule has 1 heterocycles. The molecule has 212 valence electrons. The smallest absolute Gasteiger partial charge is 0.354 e. The zero-order valence-electron chi connectivity index (χ0n) is 22.8. The van der Waals surface area contributed by atoms with Crippen LogP contribution in [0.3, 0.4) is 0 Å². The zero-order valence-corrected chi connectivity index (χ0v) is 26.0. The minimum atomic E-state index is -0.405. The van der Waals surface area contributed by atoms with E-state index in [1.54, 1.807) is 24.9 Å². The van der Waals surface area contributed by atoms with Gasteiger partial charge < -0.3 is 18.8 Å². The van der Waals surface area contributed by atoms with Gasteiger partial charge in [-0.3, -0.25) is 0 Å². The van der Waals surface area contributed by atoms with Gasteiger partial charge in [-0.05, 0) is 100 Å². The Labute approximate surface area is 255 Å². The van der Waals surface area contributed by atoms with Crippen LogP contribution in [0.2, 0.25) is 5.02 Å². The molecule has 0 saturated carbocycles. The van der Waals surface area contributed by atoms with Crippen LogP contribution >= 0.6 is 39.3 Å². The summed E-state index contributed by atoms with van der Waals surface area (Å²) in [6.07, 6.45) is 0.624. The summed E-state index contributed by atoms with van der Waals surface area (Å²) >= 11 is 11.6. The zero-order chi connectivity index (χ0) is 29.1. The number of carbonyl (C=O) groups excluding carboxylic acids is 1. The van der Waals surface area contributed by atoms with Gasteiger partial charge in [0, 0.05) is 32.4 Å². The van der Waals surface area contributed by atoms with E-state index in [0.29, 0.717) is 36.0 Å². The molecule has 5 rings (SSSR count). The third kappa shape index (κ3) is 6.20. The van der Waals surface area contributed by atoms with Crippen molar-refractivity contribution in [1.29, 1.82) is 0 Å². The second kappa shape index (κ2) is 12.8. The highest BCUT2D eigenvalue weighted by Gasteiger charge is 2.23. The average Bonchev–Trinajstić information content (AvgIpc) is 3.26. The number of fused-ring (bicyclic) bond motifs is 2. The van der Waals surface area contributed by atoms with Gasteiger partial charge in [0.05, 0.1) is 31.4 Å². The topological polar surface area (TPSA) is 49.7 Å². The maximum Gasteiger partial charge on any atom is 0.354 e. The van der Waals surface area contributed by atoms with E-state index >= 15 is 0 Å². The Bertz CT molecular complexity index is 1740. The molecule has 0 N–H and O–H groups in total. The molecule has 0 spiro atoms. The number of halogens is 3. The number of aromatic nitrogens is 1. The molecule has 0 bridgehead atoms. The third-order valence-corrected chi connectivity index (χ3v) is 9.35. The third-order valence-electron chi connectivity index (χ3n) is 6.94. The summed E-state index contributed by atoms with van der Waals surface area (Å²) in [6.45, 7) is 2.82. The number of hydrogen-bond donors (Lipinski definition) is 0. The number of ether oxygens (including phenoxy) is 3. The largest absolute Gasteiger partial charge is 0.497 e. The summed E-state index contributed by atoms with van der Waals surface area (Å²) in [5.41, 5.74) is 3.33. The van der Waals surface area contributed by atoms with E-state index in [4.69, 9.17) is 25.8 Å². The van der Waals surface area contributed by atoms with E-state index in [0.717, 1.165) is 53.7 Å². The highest BCUT2D eigenvalue weighted by molar-refractivity contribution is 9.10. The van der Waals surface area contributed by atoms with Crippen molar-refractivity contribution in [3.05, 3.63) is 98.9 Å². The lowest BCUT2D eigenvalue weighted by molar-refractivity contribution is 0.0587. The van der Waals surface area contributed by atoms with Gasteiger partial charge in [-0.15, -0.1) is 11.8 Å². The molecule has 4 aromatic carbocycles. The number of hydrogen-bond acceptors (Lipinski definition) is 5. The summed E-state index contributed by atoms with van der Waals surface area (Å²) in [5, 5.41) is 3.08. The van der Waals surface area contributed by atoms with E-state index in [1.165, 1.54) is 19.2 Å². The number of aryl methyl sites for hydroxylation is 2. The highest BCUT2D eigenvalue weighted by atomic mass is 79.9. The number of methoxy groups -OCH3 is 2. The van der Waals surface area contributed by atoms with Crippen LogP contribution in [-0.2, 0) is 17.0 Å². The van der Waals surface area contributed by atoms with Gasteiger partial charge in [-0.25, -0.2) is 9.18 Å². The van der Waals surface area contributed by atoms with Crippen LogP contribution in [-0.4, -0.2) is 31.4 Å². The summed E-state index contributed by atoms with van der Waals surface area (Å²) in [4.78, 5) is 13.7. The van der Waals surface area contributed by atoms with Crippen LogP contribution in [0.25, 0.3) is 21.7 Å². The second-order valence-electron chi connectivity index (χ2n) is 9.50. The van der Waals surface area contributed by atoms with Gasteiger partial charge in [0.1, 0.15) is 23.0 Å². The summed E-state index contributed by atoms with van der Waals surface area (Å²) in [6, 6.07) is 20.4. The Kier molecular flexibility index (Phi) is 9.12. The normalized spacial score (nSPS) is 11.3. The standard InChI is InChI=1S/C32H28BrClFNO4S/c1-19-29-27(12-11-26(34)30(29)33)36(31(19)32(37)39-3)13-4-14-40-28-17-24(16-21-15-22(35)7-10-25(21)28)41-18-20-5-8-23(38-2)9-6-20/h5-12,15-17H,4,13-14,18H2,1-3H3. The molecular weight excluding hydrogens is 629 g/mol. The number of rotatable bonds is 10. The fourth-order valence-electron chi connectivity index (χ4n) is 4.93. The molecule has 9 heteroatoms. The van der Waals surface area contributed by atoms with Crippen molar-refractivity contribution in [1.82, 2.24) is 4.57 Å². The molecule has 41 heavy (non-hydrogen) atoms. The minimum Gasteiger partial charge on any atom is -0.497 e. The van der Waals surface area contributed by atoms with Crippen LogP contribution in [0.5, 0.6) is 11.5 Å². The first-order valence-electron chi connectivity index (χ1n) is 13.0. The predicted molar refractivity (Wildman–Crippen MR) is 167 cm³/mol. The Morgan fingerprint density at radius 2 is 1.83 bits per heavy atom. The quantitative estimate of drug-likeness (QED) is 0.0852. The van der Waals surface area contributed by atoms with Gasteiger partial charge in [-0.1, -0.05) is 23.7 Å². The van der Waals surface area contributed by atoms with Gasteiger partial charge in [-0.2, -0.15) is 0 Å². The maximum atomic E-state index is 14.1. The first kappa shape index (κ1) is 29.3. The monoisotopic (exact) mass is 655 g/mol. The van der Waals surface area contributed by atoms with E-state index in [2.05, 4.69) is 15.9 Å². The van der Waals surface area contributed by atoms with Crippen molar-refractivity contribution in [2.45, 2.75) is 30.5 Å². The van der Waals surface area contributed by atoms with Crippen LogP contribution in [0.4, 0.5) is 4.39 Å². The molecule has 0 saturated heterocycles. The first-order chi connectivity index (χ1) is 19.8. The van der Waals surface area contributed by atoms with E-state index in [9.17, 15) is 9.18 Å². The lowest BCUT2D eigenvalue weighted by Crippen LogP contribution is -2.13. The van der Waals surface area contributed by atoms with Crippen LogP contribution in [0.1, 0.15) is 28.0 Å². The molecule has 0 radical (unpaired) electrons. The van der Waals surface area contributed by atoms with E-state index in [-0.39, 0.29) is 5.82 Å². The second-order valence-corrected chi connectivity index (χ2v) is 11.7. The van der Waals surface area contributed by atoms with Crippen LogP contribution in [0.15, 0.2) is 76.1 Å². The van der Waals surface area contributed by atoms with E-state index in [1.807, 2.05) is 60.0 Å².